The predicted octanol–water partition coefficient (Wildman–Crippen LogP) is 5.32. The van der Waals surface area contributed by atoms with Gasteiger partial charge in [-0.1, -0.05) is 44.0 Å². The van der Waals surface area contributed by atoms with Crippen LogP contribution in [0.25, 0.3) is 0 Å². The molecule has 1 saturated heterocycles. The lowest BCUT2D eigenvalue weighted by atomic mass is 9.95. The van der Waals surface area contributed by atoms with E-state index in [4.69, 9.17) is 0 Å². The monoisotopic (exact) mass is 432 g/mol. The molecular formula is C22H32N4OS2. The number of piperidine rings is 1. The molecule has 0 spiro atoms. The van der Waals surface area contributed by atoms with Gasteiger partial charge in [-0.15, -0.1) is 21.5 Å². The Kier molecular flexibility index (Phi) is 7.29. The quantitative estimate of drug-likeness (QED) is 0.556. The average Bonchev–Trinajstić information content (AvgIpc) is 3.43. The fourth-order valence-corrected chi connectivity index (χ4v) is 6.38. The highest BCUT2D eigenvalue weighted by Gasteiger charge is 2.27. The summed E-state index contributed by atoms with van der Waals surface area (Å²) in [7, 11) is 0. The second-order valence-electron chi connectivity index (χ2n) is 8.25. The molecule has 1 amide bonds. The fraction of sp³-hybridized carbons (Fsp3) is 0.682. The standard InChI is InChI=1S/C22H32N4OS2/c1-2-17-9-6-7-13-25(17)21(27)16-29-22-24-23-20(15-19-12-8-14-28-19)26(22)18-10-4-3-5-11-18/h8,12,14,17-18H,2-7,9-11,13,15-16H2,1H3/t17-/m1/s1. The molecule has 158 valence electrons. The van der Waals surface area contributed by atoms with Crippen LogP contribution in [0.2, 0.25) is 0 Å². The number of carbonyl (C=O) groups is 1. The van der Waals surface area contributed by atoms with E-state index in [1.807, 2.05) is 0 Å². The van der Waals surface area contributed by atoms with Crippen LogP contribution in [-0.2, 0) is 11.2 Å². The zero-order valence-electron chi connectivity index (χ0n) is 17.4. The first kappa shape index (κ1) is 20.9. The van der Waals surface area contributed by atoms with Gasteiger partial charge in [0.05, 0.1) is 5.75 Å². The number of hydrogen-bond donors (Lipinski definition) is 0. The van der Waals surface area contributed by atoms with Crippen LogP contribution in [0.5, 0.6) is 0 Å². The number of rotatable bonds is 7. The van der Waals surface area contributed by atoms with Crippen LogP contribution in [0.4, 0.5) is 0 Å². The zero-order valence-corrected chi connectivity index (χ0v) is 19.0. The van der Waals surface area contributed by atoms with Crippen molar-refractivity contribution in [2.45, 2.75) is 88.4 Å². The van der Waals surface area contributed by atoms with Gasteiger partial charge in [-0.3, -0.25) is 4.79 Å². The molecule has 5 nitrogen and oxygen atoms in total. The second-order valence-corrected chi connectivity index (χ2v) is 10.2. The average molecular weight is 433 g/mol. The van der Waals surface area contributed by atoms with E-state index in [-0.39, 0.29) is 5.91 Å². The van der Waals surface area contributed by atoms with Gasteiger partial charge in [-0.05, 0) is 50.0 Å². The molecule has 29 heavy (non-hydrogen) atoms. The Morgan fingerprint density at radius 2 is 2.00 bits per heavy atom. The van der Waals surface area contributed by atoms with E-state index in [2.05, 4.69) is 44.1 Å². The molecule has 2 fully saturated rings. The van der Waals surface area contributed by atoms with Gasteiger partial charge >= 0.3 is 0 Å². The van der Waals surface area contributed by atoms with Crippen LogP contribution in [0.1, 0.15) is 81.5 Å². The summed E-state index contributed by atoms with van der Waals surface area (Å²) in [5, 5.41) is 12.2. The molecule has 1 atom stereocenters. The summed E-state index contributed by atoms with van der Waals surface area (Å²) in [6, 6.07) is 5.16. The number of aromatic nitrogens is 3. The molecule has 0 unspecified atom stereocenters. The molecular weight excluding hydrogens is 400 g/mol. The molecule has 2 aromatic heterocycles. The minimum Gasteiger partial charge on any atom is -0.339 e. The summed E-state index contributed by atoms with van der Waals surface area (Å²) in [5.74, 6) is 1.79. The van der Waals surface area contributed by atoms with Gasteiger partial charge in [-0.25, -0.2) is 0 Å². The Labute approximate surface area is 182 Å². The van der Waals surface area contributed by atoms with Crippen LogP contribution < -0.4 is 0 Å². The summed E-state index contributed by atoms with van der Waals surface area (Å²) in [6.45, 7) is 3.11. The molecule has 1 aliphatic heterocycles. The lowest BCUT2D eigenvalue weighted by Crippen LogP contribution is -2.44. The first-order valence-electron chi connectivity index (χ1n) is 11.1. The van der Waals surface area contributed by atoms with E-state index < -0.39 is 0 Å². The maximum absolute atomic E-state index is 12.9. The van der Waals surface area contributed by atoms with Crippen molar-refractivity contribution in [1.29, 1.82) is 0 Å². The molecule has 4 rings (SSSR count). The number of likely N-dealkylation sites (tertiary alicyclic amines) is 1. The summed E-state index contributed by atoms with van der Waals surface area (Å²) >= 11 is 3.36. The van der Waals surface area contributed by atoms with Crippen molar-refractivity contribution in [3.05, 3.63) is 28.2 Å². The molecule has 2 aliphatic rings. The molecule has 0 N–H and O–H groups in total. The van der Waals surface area contributed by atoms with Crippen LogP contribution in [0.3, 0.4) is 0 Å². The summed E-state index contributed by atoms with van der Waals surface area (Å²) < 4.78 is 2.37. The normalized spacial score (nSPS) is 20.9. The van der Waals surface area contributed by atoms with E-state index in [1.165, 1.54) is 43.4 Å². The highest BCUT2D eigenvalue weighted by molar-refractivity contribution is 7.99. The third-order valence-corrected chi connectivity index (χ3v) is 8.14. The molecule has 7 heteroatoms. The van der Waals surface area contributed by atoms with Gasteiger partial charge in [-0.2, -0.15) is 0 Å². The Morgan fingerprint density at radius 1 is 1.17 bits per heavy atom. The smallest absolute Gasteiger partial charge is 0.233 e. The van der Waals surface area contributed by atoms with Crippen molar-refractivity contribution in [2.75, 3.05) is 12.3 Å². The third-order valence-electron chi connectivity index (χ3n) is 6.33. The fourth-order valence-electron chi connectivity index (χ4n) is 4.76. The molecule has 1 saturated carbocycles. The summed E-state index contributed by atoms with van der Waals surface area (Å²) in [4.78, 5) is 16.4. The Bertz CT molecular complexity index is 783. The molecule has 2 aromatic rings. The Balaban J connectivity index is 1.48. The number of nitrogens with zero attached hydrogens (tertiary/aromatic N) is 4. The van der Waals surface area contributed by atoms with Crippen molar-refractivity contribution in [3.63, 3.8) is 0 Å². The minimum atomic E-state index is 0.263. The molecule has 0 radical (unpaired) electrons. The maximum Gasteiger partial charge on any atom is 0.233 e. The second kappa shape index (κ2) is 10.1. The lowest BCUT2D eigenvalue weighted by Gasteiger charge is -2.35. The largest absolute Gasteiger partial charge is 0.339 e. The minimum absolute atomic E-state index is 0.263. The number of carbonyl (C=O) groups excluding carboxylic acids is 1. The predicted molar refractivity (Wildman–Crippen MR) is 120 cm³/mol. The number of amides is 1. The molecule has 0 bridgehead atoms. The van der Waals surface area contributed by atoms with Crippen molar-refractivity contribution >= 4 is 29.0 Å². The molecule has 3 heterocycles. The highest BCUT2D eigenvalue weighted by Crippen LogP contribution is 2.34. The SMILES string of the molecule is CC[C@@H]1CCCCN1C(=O)CSc1nnc(Cc2cccs2)n1C1CCCCC1. The van der Waals surface area contributed by atoms with Crippen molar-refractivity contribution in [3.8, 4) is 0 Å². The van der Waals surface area contributed by atoms with E-state index in [0.717, 1.165) is 43.2 Å². The van der Waals surface area contributed by atoms with E-state index in [0.29, 0.717) is 17.8 Å². The Hall–Kier alpha value is -1.34. The number of hydrogen-bond acceptors (Lipinski definition) is 5. The maximum atomic E-state index is 12.9. The molecule has 1 aliphatic carbocycles. The van der Waals surface area contributed by atoms with E-state index >= 15 is 0 Å². The van der Waals surface area contributed by atoms with Crippen molar-refractivity contribution in [2.24, 2.45) is 0 Å². The van der Waals surface area contributed by atoms with Crippen LogP contribution in [0.15, 0.2) is 22.7 Å². The van der Waals surface area contributed by atoms with E-state index in [9.17, 15) is 4.79 Å². The van der Waals surface area contributed by atoms with Gasteiger partial charge in [0.1, 0.15) is 5.82 Å². The molecule has 0 aromatic carbocycles. The first-order chi connectivity index (χ1) is 14.3. The van der Waals surface area contributed by atoms with Gasteiger partial charge in [0.2, 0.25) is 5.91 Å². The summed E-state index contributed by atoms with van der Waals surface area (Å²) in [6.07, 6.45) is 11.7. The Morgan fingerprint density at radius 3 is 2.76 bits per heavy atom. The van der Waals surface area contributed by atoms with Gasteiger partial charge in [0.25, 0.3) is 0 Å². The van der Waals surface area contributed by atoms with E-state index in [1.54, 1.807) is 23.1 Å². The number of thioether (sulfide) groups is 1. The van der Waals surface area contributed by atoms with Gasteiger partial charge < -0.3 is 9.47 Å². The number of thiophene rings is 1. The highest BCUT2D eigenvalue weighted by atomic mass is 32.2. The zero-order chi connectivity index (χ0) is 20.1. The van der Waals surface area contributed by atoms with Gasteiger partial charge in [0, 0.05) is 29.9 Å². The third kappa shape index (κ3) is 5.05. The topological polar surface area (TPSA) is 51.0 Å². The van der Waals surface area contributed by atoms with Crippen molar-refractivity contribution in [1.82, 2.24) is 19.7 Å². The van der Waals surface area contributed by atoms with Crippen LogP contribution in [-0.4, -0.2) is 43.9 Å². The van der Waals surface area contributed by atoms with Crippen LogP contribution >= 0.6 is 23.1 Å². The summed E-state index contributed by atoms with van der Waals surface area (Å²) in [5.41, 5.74) is 0. The van der Waals surface area contributed by atoms with Crippen LogP contribution in [0, 0.1) is 0 Å². The van der Waals surface area contributed by atoms with Gasteiger partial charge in [0.15, 0.2) is 5.16 Å². The first-order valence-corrected chi connectivity index (χ1v) is 13.0. The van der Waals surface area contributed by atoms with Crippen molar-refractivity contribution < 1.29 is 4.79 Å². The lowest BCUT2D eigenvalue weighted by molar-refractivity contribution is -0.132.